The van der Waals surface area contributed by atoms with Gasteiger partial charge in [0, 0.05) is 17.3 Å². The average Bonchev–Trinajstić information content (AvgIpc) is 2.99. The lowest BCUT2D eigenvalue weighted by molar-refractivity contribution is -0.136. The molecule has 0 atom stereocenters. The van der Waals surface area contributed by atoms with E-state index in [0.29, 0.717) is 0 Å². The number of carbonyl (C=O) groups excluding carboxylic acids is 2. The Morgan fingerprint density at radius 3 is 2.46 bits per heavy atom. The van der Waals surface area contributed by atoms with Crippen LogP contribution in [0.3, 0.4) is 0 Å². The van der Waals surface area contributed by atoms with Crippen molar-refractivity contribution >= 4 is 17.8 Å². The Morgan fingerprint density at radius 2 is 1.75 bits per heavy atom. The van der Waals surface area contributed by atoms with Crippen molar-refractivity contribution in [2.75, 3.05) is 6.61 Å². The van der Waals surface area contributed by atoms with E-state index in [-0.39, 0.29) is 5.56 Å². The number of esters is 1. The van der Waals surface area contributed by atoms with Gasteiger partial charge >= 0.3 is 5.97 Å². The molecule has 0 fully saturated rings. The van der Waals surface area contributed by atoms with Crippen molar-refractivity contribution in [2.24, 2.45) is 0 Å². The summed E-state index contributed by atoms with van der Waals surface area (Å²) in [4.78, 5) is 23.9. The lowest BCUT2D eigenvalue weighted by atomic mass is 10.1. The second-order valence-corrected chi connectivity index (χ2v) is 6.18. The number of aryl methyl sites for hydroxylation is 1. The molecule has 0 aliphatic rings. The highest BCUT2D eigenvalue weighted by molar-refractivity contribution is 5.99. The molecule has 28 heavy (non-hydrogen) atoms. The van der Waals surface area contributed by atoms with Crippen LogP contribution in [0.4, 0.5) is 4.39 Å². The van der Waals surface area contributed by atoms with Gasteiger partial charge in [0.2, 0.25) is 5.78 Å². The number of hydrogen-bond donors (Lipinski definition) is 0. The molecule has 5 nitrogen and oxygen atoms in total. The Kier molecular flexibility index (Phi) is 5.79. The molecule has 6 heteroatoms. The molecular weight excluding hydrogens is 359 g/mol. The number of ketones is 1. The SMILES string of the molecule is Cc1nn(-c2ccccc2)c(C)c1/C=C/C(=O)OCC(=O)c1ccccc1F. The molecule has 0 unspecified atom stereocenters. The van der Waals surface area contributed by atoms with Crippen LogP contribution in [0.25, 0.3) is 11.8 Å². The molecule has 142 valence electrons. The zero-order valence-corrected chi connectivity index (χ0v) is 15.6. The van der Waals surface area contributed by atoms with Crippen LogP contribution in [0.5, 0.6) is 0 Å². The molecule has 0 radical (unpaired) electrons. The lowest BCUT2D eigenvalue weighted by Gasteiger charge is -2.04. The number of aromatic nitrogens is 2. The minimum absolute atomic E-state index is 0.102. The predicted molar refractivity (Wildman–Crippen MR) is 104 cm³/mol. The normalized spacial score (nSPS) is 11.0. The summed E-state index contributed by atoms with van der Waals surface area (Å²) >= 11 is 0. The van der Waals surface area contributed by atoms with Gasteiger partial charge in [-0.2, -0.15) is 5.10 Å². The number of para-hydroxylation sites is 1. The fraction of sp³-hybridized carbons (Fsp3) is 0.136. The van der Waals surface area contributed by atoms with Crippen molar-refractivity contribution < 1.29 is 18.7 Å². The Morgan fingerprint density at radius 1 is 1.07 bits per heavy atom. The second-order valence-electron chi connectivity index (χ2n) is 6.18. The molecule has 0 saturated carbocycles. The van der Waals surface area contributed by atoms with Gasteiger partial charge < -0.3 is 4.74 Å². The molecular formula is C22H19FN2O3. The summed E-state index contributed by atoms with van der Waals surface area (Å²) < 4.78 is 20.3. The highest BCUT2D eigenvalue weighted by atomic mass is 19.1. The first kappa shape index (κ1) is 19.2. The van der Waals surface area contributed by atoms with E-state index in [1.165, 1.54) is 24.3 Å². The smallest absolute Gasteiger partial charge is 0.331 e. The van der Waals surface area contributed by atoms with Gasteiger partial charge in [-0.3, -0.25) is 4.79 Å². The summed E-state index contributed by atoms with van der Waals surface area (Å²) in [6.07, 6.45) is 2.84. The third-order valence-electron chi connectivity index (χ3n) is 4.25. The number of Topliss-reactive ketones (excluding diaryl/α,β-unsaturated/α-hetero) is 1. The minimum Gasteiger partial charge on any atom is -0.454 e. The Labute approximate surface area is 162 Å². The van der Waals surface area contributed by atoms with E-state index in [1.54, 1.807) is 16.8 Å². The maximum Gasteiger partial charge on any atom is 0.331 e. The van der Waals surface area contributed by atoms with Gasteiger partial charge in [-0.25, -0.2) is 13.9 Å². The van der Waals surface area contributed by atoms with Gasteiger partial charge in [-0.1, -0.05) is 30.3 Å². The fourth-order valence-electron chi connectivity index (χ4n) is 2.82. The molecule has 0 N–H and O–H groups in total. The molecule has 3 aromatic rings. The van der Waals surface area contributed by atoms with Gasteiger partial charge in [0.05, 0.1) is 16.9 Å². The van der Waals surface area contributed by atoms with E-state index in [9.17, 15) is 14.0 Å². The van der Waals surface area contributed by atoms with Crippen LogP contribution in [0, 0.1) is 19.7 Å². The maximum atomic E-state index is 13.6. The van der Waals surface area contributed by atoms with Gasteiger partial charge in [-0.15, -0.1) is 0 Å². The molecule has 1 heterocycles. The molecule has 2 aromatic carbocycles. The molecule has 0 aliphatic carbocycles. The third kappa shape index (κ3) is 4.23. The summed E-state index contributed by atoms with van der Waals surface area (Å²) in [6.45, 7) is 3.23. The van der Waals surface area contributed by atoms with E-state index in [2.05, 4.69) is 5.10 Å². The quantitative estimate of drug-likeness (QED) is 0.369. The molecule has 0 amide bonds. The van der Waals surface area contributed by atoms with Crippen LogP contribution >= 0.6 is 0 Å². The topological polar surface area (TPSA) is 61.2 Å². The van der Waals surface area contributed by atoms with Crippen molar-refractivity contribution in [3.63, 3.8) is 0 Å². The molecule has 0 spiro atoms. The van der Waals surface area contributed by atoms with E-state index < -0.39 is 24.2 Å². The first-order valence-corrected chi connectivity index (χ1v) is 8.71. The molecule has 1 aromatic heterocycles. The second kappa shape index (κ2) is 8.43. The first-order chi connectivity index (χ1) is 13.5. The van der Waals surface area contributed by atoms with Crippen molar-refractivity contribution in [3.8, 4) is 5.69 Å². The molecule has 3 rings (SSSR count). The summed E-state index contributed by atoms with van der Waals surface area (Å²) in [5.41, 5.74) is 3.24. The van der Waals surface area contributed by atoms with Crippen LogP contribution in [0.1, 0.15) is 27.3 Å². The number of nitrogens with zero attached hydrogens (tertiary/aromatic N) is 2. The van der Waals surface area contributed by atoms with Crippen LogP contribution in [-0.2, 0) is 9.53 Å². The van der Waals surface area contributed by atoms with Crippen molar-refractivity contribution in [1.29, 1.82) is 0 Å². The number of carbonyl (C=O) groups is 2. The number of hydrogen-bond acceptors (Lipinski definition) is 4. The largest absolute Gasteiger partial charge is 0.454 e. The van der Waals surface area contributed by atoms with E-state index in [1.807, 2.05) is 44.2 Å². The summed E-state index contributed by atoms with van der Waals surface area (Å²) in [5.74, 6) is -1.92. The summed E-state index contributed by atoms with van der Waals surface area (Å²) in [7, 11) is 0. The highest BCUT2D eigenvalue weighted by Gasteiger charge is 2.14. The lowest BCUT2D eigenvalue weighted by Crippen LogP contribution is -2.13. The summed E-state index contributed by atoms with van der Waals surface area (Å²) in [5, 5.41) is 4.50. The van der Waals surface area contributed by atoms with Crippen molar-refractivity contribution in [2.45, 2.75) is 13.8 Å². The van der Waals surface area contributed by atoms with Crippen molar-refractivity contribution in [1.82, 2.24) is 9.78 Å². The van der Waals surface area contributed by atoms with Gasteiger partial charge in [0.25, 0.3) is 0 Å². The third-order valence-corrected chi connectivity index (χ3v) is 4.25. The minimum atomic E-state index is -0.684. The number of rotatable bonds is 6. The summed E-state index contributed by atoms with van der Waals surface area (Å²) in [6, 6.07) is 15.2. The van der Waals surface area contributed by atoms with Gasteiger partial charge in [0.15, 0.2) is 6.61 Å². The van der Waals surface area contributed by atoms with E-state index in [4.69, 9.17) is 4.74 Å². The number of benzene rings is 2. The van der Waals surface area contributed by atoms with Crippen LogP contribution in [0.15, 0.2) is 60.7 Å². The zero-order valence-electron chi connectivity index (χ0n) is 15.6. The molecule has 0 bridgehead atoms. The monoisotopic (exact) mass is 378 g/mol. The first-order valence-electron chi connectivity index (χ1n) is 8.71. The Hall–Kier alpha value is -3.54. The maximum absolute atomic E-state index is 13.6. The van der Waals surface area contributed by atoms with Gasteiger partial charge in [-0.05, 0) is 44.2 Å². The van der Waals surface area contributed by atoms with Crippen LogP contribution in [0.2, 0.25) is 0 Å². The number of halogens is 1. The fourth-order valence-corrected chi connectivity index (χ4v) is 2.82. The number of ether oxygens (including phenoxy) is 1. The molecule has 0 aliphatic heterocycles. The van der Waals surface area contributed by atoms with Crippen LogP contribution < -0.4 is 0 Å². The van der Waals surface area contributed by atoms with Gasteiger partial charge in [0.1, 0.15) is 5.82 Å². The Balaban J connectivity index is 1.67. The molecule has 0 saturated heterocycles. The standard InChI is InChI=1S/C22H19FN2O3/c1-15-18(16(2)25(24-15)17-8-4-3-5-9-17)12-13-22(27)28-14-21(26)19-10-6-7-11-20(19)23/h3-13H,14H2,1-2H3/b13-12+. The average molecular weight is 378 g/mol. The van der Waals surface area contributed by atoms with E-state index >= 15 is 0 Å². The van der Waals surface area contributed by atoms with E-state index in [0.717, 1.165) is 22.6 Å². The highest BCUT2D eigenvalue weighted by Crippen LogP contribution is 2.19. The zero-order chi connectivity index (χ0) is 20.1. The Bertz CT molecular complexity index is 1040. The van der Waals surface area contributed by atoms with Crippen molar-refractivity contribution in [3.05, 3.63) is 89.0 Å². The predicted octanol–water partition coefficient (Wildman–Crippen LogP) is 4.07. The van der Waals surface area contributed by atoms with Crippen LogP contribution in [-0.4, -0.2) is 28.1 Å².